The molecule has 1 rings (SSSR count). The lowest BCUT2D eigenvalue weighted by Crippen LogP contribution is -2.42. The largest absolute Gasteiger partial charge is 0.389 e. The van der Waals surface area contributed by atoms with E-state index in [4.69, 9.17) is 9.26 Å². The number of nitrogens with one attached hydrogen (secondary N) is 1. The van der Waals surface area contributed by atoms with Crippen LogP contribution in [0, 0.1) is 0 Å². The highest BCUT2D eigenvalue weighted by atomic mass is 32.2. The number of anilines is 1. The number of rotatable bonds is 10. The first-order valence-corrected chi connectivity index (χ1v) is 9.93. The van der Waals surface area contributed by atoms with Crippen molar-refractivity contribution in [3.8, 4) is 0 Å². The standard InChI is InChI=1S/C17H27F3N2O4S/c1-6-25-11-15(2,3)12-10-13(26-22-12)21-14(23)16(4,5)27(24)9-7-8-17(18,19)20/h10H,6-9,11H2,1-5H3,(H,21,23). The van der Waals surface area contributed by atoms with Gasteiger partial charge in [0.05, 0.1) is 12.3 Å². The van der Waals surface area contributed by atoms with Crippen molar-refractivity contribution in [1.29, 1.82) is 0 Å². The van der Waals surface area contributed by atoms with Gasteiger partial charge in [-0.05, 0) is 27.2 Å². The van der Waals surface area contributed by atoms with Gasteiger partial charge in [0.2, 0.25) is 11.8 Å². The molecule has 1 aromatic rings. The molecule has 0 spiro atoms. The van der Waals surface area contributed by atoms with Gasteiger partial charge in [-0.3, -0.25) is 14.3 Å². The maximum Gasteiger partial charge on any atom is 0.389 e. The molecule has 0 aliphatic rings. The zero-order valence-corrected chi connectivity index (χ0v) is 17.1. The fourth-order valence-electron chi connectivity index (χ4n) is 2.11. The Morgan fingerprint density at radius 2 is 1.93 bits per heavy atom. The summed E-state index contributed by atoms with van der Waals surface area (Å²) >= 11 is 0. The Labute approximate surface area is 159 Å². The summed E-state index contributed by atoms with van der Waals surface area (Å²) in [5.41, 5.74) is 0.147. The van der Waals surface area contributed by atoms with E-state index < -0.39 is 39.5 Å². The van der Waals surface area contributed by atoms with Crippen molar-refractivity contribution in [2.24, 2.45) is 0 Å². The fraction of sp³-hybridized carbons (Fsp3) is 0.765. The maximum absolute atomic E-state index is 12.4. The zero-order valence-electron chi connectivity index (χ0n) is 16.2. The van der Waals surface area contributed by atoms with Gasteiger partial charge in [0.25, 0.3) is 0 Å². The normalized spacial score (nSPS) is 14.2. The van der Waals surface area contributed by atoms with Gasteiger partial charge in [-0.2, -0.15) is 13.2 Å². The van der Waals surface area contributed by atoms with Crippen LogP contribution in [0.1, 0.15) is 53.2 Å². The number of hydrogen-bond donors (Lipinski definition) is 1. The Balaban J connectivity index is 2.70. The highest BCUT2D eigenvalue weighted by Crippen LogP contribution is 2.27. The molecule has 156 valence electrons. The van der Waals surface area contributed by atoms with Crippen LogP contribution in [-0.2, 0) is 25.7 Å². The number of aromatic nitrogens is 1. The van der Waals surface area contributed by atoms with E-state index >= 15 is 0 Å². The van der Waals surface area contributed by atoms with Crippen molar-refractivity contribution in [1.82, 2.24) is 5.16 Å². The average molecular weight is 412 g/mol. The molecule has 0 saturated carbocycles. The second-order valence-corrected chi connectivity index (χ2v) is 9.45. The maximum atomic E-state index is 12.4. The minimum Gasteiger partial charge on any atom is -0.381 e. The van der Waals surface area contributed by atoms with Crippen molar-refractivity contribution in [2.75, 3.05) is 24.3 Å². The van der Waals surface area contributed by atoms with Gasteiger partial charge in [0.1, 0.15) is 4.75 Å². The van der Waals surface area contributed by atoms with E-state index in [1.54, 1.807) is 6.07 Å². The van der Waals surface area contributed by atoms with Gasteiger partial charge in [0, 0.05) is 41.1 Å². The van der Waals surface area contributed by atoms with Crippen LogP contribution in [0.25, 0.3) is 0 Å². The molecule has 0 bridgehead atoms. The molecule has 1 unspecified atom stereocenters. The molecule has 1 atom stereocenters. The summed E-state index contributed by atoms with van der Waals surface area (Å²) in [7, 11) is -1.78. The number of halogens is 3. The van der Waals surface area contributed by atoms with Crippen LogP contribution in [0.3, 0.4) is 0 Å². The molecule has 0 fully saturated rings. The van der Waals surface area contributed by atoms with Gasteiger partial charge in [-0.1, -0.05) is 19.0 Å². The minimum absolute atomic E-state index is 0.0833. The summed E-state index contributed by atoms with van der Waals surface area (Å²) < 4.78 is 58.1. The second kappa shape index (κ2) is 9.18. The van der Waals surface area contributed by atoms with Crippen molar-refractivity contribution in [2.45, 2.75) is 63.8 Å². The number of hydrogen-bond acceptors (Lipinski definition) is 5. The SMILES string of the molecule is CCOCC(C)(C)c1cc(NC(=O)C(C)(C)S(=O)CCCC(F)(F)F)on1. The van der Waals surface area contributed by atoms with Gasteiger partial charge < -0.3 is 9.26 Å². The summed E-state index contributed by atoms with van der Waals surface area (Å²) in [4.78, 5) is 12.4. The Kier molecular flexibility index (Phi) is 8.03. The van der Waals surface area contributed by atoms with E-state index in [0.717, 1.165) is 0 Å². The first-order valence-electron chi connectivity index (χ1n) is 8.61. The van der Waals surface area contributed by atoms with E-state index in [-0.39, 0.29) is 18.1 Å². The van der Waals surface area contributed by atoms with E-state index in [2.05, 4.69) is 10.5 Å². The van der Waals surface area contributed by atoms with Crippen molar-refractivity contribution < 1.29 is 31.4 Å². The molecule has 1 heterocycles. The summed E-state index contributed by atoms with van der Waals surface area (Å²) in [6, 6.07) is 1.56. The lowest BCUT2D eigenvalue weighted by molar-refractivity contribution is -0.134. The highest BCUT2D eigenvalue weighted by molar-refractivity contribution is 7.87. The van der Waals surface area contributed by atoms with Gasteiger partial charge in [-0.15, -0.1) is 0 Å². The van der Waals surface area contributed by atoms with Crippen molar-refractivity contribution in [3.63, 3.8) is 0 Å². The van der Waals surface area contributed by atoms with Crippen LogP contribution in [0.2, 0.25) is 0 Å². The molecule has 0 aliphatic carbocycles. The molecule has 10 heteroatoms. The molecule has 0 radical (unpaired) electrons. The van der Waals surface area contributed by atoms with Crippen LogP contribution < -0.4 is 5.32 Å². The van der Waals surface area contributed by atoms with Crippen LogP contribution >= 0.6 is 0 Å². The predicted molar refractivity (Wildman–Crippen MR) is 97.0 cm³/mol. The first-order chi connectivity index (χ1) is 12.3. The number of alkyl halides is 3. The Morgan fingerprint density at radius 3 is 2.48 bits per heavy atom. The van der Waals surface area contributed by atoms with E-state index in [0.29, 0.717) is 18.9 Å². The summed E-state index contributed by atoms with van der Waals surface area (Å²) in [5.74, 6) is -0.749. The first kappa shape index (κ1) is 23.6. The monoisotopic (exact) mass is 412 g/mol. The number of nitrogens with zero attached hydrogens (tertiary/aromatic N) is 1. The zero-order chi connectivity index (χ0) is 20.9. The van der Waals surface area contributed by atoms with Gasteiger partial charge in [-0.25, -0.2) is 0 Å². The second-order valence-electron chi connectivity index (χ2n) is 7.33. The Bertz CT molecular complexity index is 657. The lowest BCUT2D eigenvalue weighted by Gasteiger charge is -2.22. The van der Waals surface area contributed by atoms with E-state index in [9.17, 15) is 22.2 Å². The smallest absolute Gasteiger partial charge is 0.381 e. The van der Waals surface area contributed by atoms with E-state index in [1.807, 2.05) is 20.8 Å². The summed E-state index contributed by atoms with van der Waals surface area (Å²) in [5, 5.41) is 6.42. The Hall–Kier alpha value is -1.42. The van der Waals surface area contributed by atoms with Crippen LogP contribution in [-0.4, -0.2) is 45.2 Å². The van der Waals surface area contributed by atoms with Crippen LogP contribution in [0.15, 0.2) is 10.6 Å². The predicted octanol–water partition coefficient (Wildman–Crippen LogP) is 3.80. The molecule has 0 saturated heterocycles. The summed E-state index contributed by atoms with van der Waals surface area (Å²) in [6.45, 7) is 9.50. The van der Waals surface area contributed by atoms with Crippen LogP contribution in [0.4, 0.5) is 19.1 Å². The molecule has 1 amide bonds. The average Bonchev–Trinajstić information content (AvgIpc) is 3.01. The molecule has 0 aromatic carbocycles. The molecular formula is C17H27F3N2O4S. The third-order valence-electron chi connectivity index (χ3n) is 4.01. The number of ether oxygens (including phenoxy) is 1. The molecule has 0 aliphatic heterocycles. The molecule has 1 N–H and O–H groups in total. The fourth-order valence-corrected chi connectivity index (χ4v) is 3.28. The minimum atomic E-state index is -4.30. The van der Waals surface area contributed by atoms with E-state index in [1.165, 1.54) is 13.8 Å². The molecule has 1 aromatic heterocycles. The molecule has 6 nitrogen and oxygen atoms in total. The van der Waals surface area contributed by atoms with Crippen LogP contribution in [0.5, 0.6) is 0 Å². The number of amides is 1. The third kappa shape index (κ3) is 7.25. The Morgan fingerprint density at radius 1 is 1.30 bits per heavy atom. The van der Waals surface area contributed by atoms with Gasteiger partial charge >= 0.3 is 6.18 Å². The highest BCUT2D eigenvalue weighted by Gasteiger charge is 2.36. The van der Waals surface area contributed by atoms with Gasteiger partial charge in [0.15, 0.2) is 0 Å². The number of carbonyl (C=O) groups is 1. The van der Waals surface area contributed by atoms with Crippen molar-refractivity contribution in [3.05, 3.63) is 11.8 Å². The molecule has 27 heavy (non-hydrogen) atoms. The lowest BCUT2D eigenvalue weighted by atomic mass is 9.90. The topological polar surface area (TPSA) is 81.4 Å². The van der Waals surface area contributed by atoms with Crippen molar-refractivity contribution >= 4 is 22.6 Å². The third-order valence-corrected chi connectivity index (χ3v) is 6.00. The number of carbonyl (C=O) groups excluding carboxylic acids is 1. The molecular weight excluding hydrogens is 385 g/mol. The quantitative estimate of drug-likeness (QED) is 0.632. The summed E-state index contributed by atoms with van der Waals surface area (Å²) in [6.07, 6.45) is -5.64.